The molecule has 1 aliphatic carbocycles. The van der Waals surface area contributed by atoms with E-state index in [1.165, 1.54) is 0 Å². The van der Waals surface area contributed by atoms with Crippen molar-refractivity contribution >= 4 is 5.78 Å². The van der Waals surface area contributed by atoms with Crippen molar-refractivity contribution in [2.75, 3.05) is 21.3 Å². The second-order valence-corrected chi connectivity index (χ2v) is 5.22. The average molecular weight is 298 g/mol. The van der Waals surface area contributed by atoms with Crippen molar-refractivity contribution in [3.8, 4) is 17.2 Å². The van der Waals surface area contributed by atoms with Crippen LogP contribution in [0.25, 0.3) is 0 Å². The number of ketones is 1. The summed E-state index contributed by atoms with van der Waals surface area (Å²) in [6.45, 7) is 0. The number of rotatable bonds is 4. The van der Waals surface area contributed by atoms with Gasteiger partial charge in [0.25, 0.3) is 0 Å². The zero-order chi connectivity index (χ0) is 15.7. The summed E-state index contributed by atoms with van der Waals surface area (Å²) in [6, 6.07) is 11.3. The van der Waals surface area contributed by atoms with Crippen LogP contribution in [0.3, 0.4) is 0 Å². The summed E-state index contributed by atoms with van der Waals surface area (Å²) in [5.74, 6) is 1.69. The lowest BCUT2D eigenvalue weighted by Crippen LogP contribution is -2.10. The lowest BCUT2D eigenvalue weighted by atomic mass is 9.93. The molecule has 0 heterocycles. The summed E-state index contributed by atoms with van der Waals surface area (Å²) in [7, 11) is 4.76. The van der Waals surface area contributed by atoms with Gasteiger partial charge in [-0.3, -0.25) is 4.79 Å². The number of ether oxygens (including phenoxy) is 3. The van der Waals surface area contributed by atoms with E-state index in [1.54, 1.807) is 33.5 Å². The Labute approximate surface area is 129 Å². The van der Waals surface area contributed by atoms with E-state index in [1.807, 2.05) is 24.3 Å². The number of methoxy groups -OCH3 is 3. The molecular formula is C18H18O4. The summed E-state index contributed by atoms with van der Waals surface area (Å²) < 4.78 is 16.2. The molecule has 114 valence electrons. The third-order valence-corrected chi connectivity index (χ3v) is 4.12. The molecule has 4 nitrogen and oxygen atoms in total. The quantitative estimate of drug-likeness (QED) is 0.869. The molecule has 0 saturated carbocycles. The maximum atomic E-state index is 12.7. The van der Waals surface area contributed by atoms with Gasteiger partial charge in [0.1, 0.15) is 17.2 Å². The van der Waals surface area contributed by atoms with E-state index in [2.05, 4.69) is 0 Å². The third-order valence-electron chi connectivity index (χ3n) is 4.12. The Kier molecular flexibility index (Phi) is 3.75. The zero-order valence-corrected chi connectivity index (χ0v) is 12.9. The average Bonchev–Trinajstić information content (AvgIpc) is 2.90. The Morgan fingerprint density at radius 1 is 0.955 bits per heavy atom. The van der Waals surface area contributed by atoms with Crippen LogP contribution in [0.1, 0.15) is 27.4 Å². The highest BCUT2D eigenvalue weighted by molar-refractivity contribution is 6.06. The molecule has 0 amide bonds. The molecule has 0 spiro atoms. The monoisotopic (exact) mass is 298 g/mol. The molecule has 2 aromatic carbocycles. The molecule has 0 N–H and O–H groups in total. The van der Waals surface area contributed by atoms with E-state index in [0.717, 1.165) is 16.7 Å². The van der Waals surface area contributed by atoms with E-state index >= 15 is 0 Å². The maximum absolute atomic E-state index is 12.7. The van der Waals surface area contributed by atoms with Crippen LogP contribution in [0.2, 0.25) is 0 Å². The van der Waals surface area contributed by atoms with Gasteiger partial charge in [-0.15, -0.1) is 0 Å². The fraction of sp³-hybridized carbons (Fsp3) is 0.278. The fourth-order valence-corrected chi connectivity index (χ4v) is 3.05. The van der Waals surface area contributed by atoms with E-state index in [-0.39, 0.29) is 11.7 Å². The van der Waals surface area contributed by atoms with Gasteiger partial charge in [-0.05, 0) is 12.0 Å². The Bertz CT molecular complexity index is 696. The van der Waals surface area contributed by atoms with Crippen molar-refractivity contribution in [2.24, 2.45) is 0 Å². The van der Waals surface area contributed by atoms with Crippen LogP contribution in [0.4, 0.5) is 0 Å². The van der Waals surface area contributed by atoms with Crippen LogP contribution in [0.5, 0.6) is 17.2 Å². The highest BCUT2D eigenvalue weighted by Gasteiger charge is 2.35. The number of carbonyl (C=O) groups excluding carboxylic acids is 1. The Balaban J connectivity index is 2.11. The first-order valence-corrected chi connectivity index (χ1v) is 7.11. The molecule has 0 bridgehead atoms. The number of hydrogen-bond acceptors (Lipinski definition) is 4. The van der Waals surface area contributed by atoms with Crippen molar-refractivity contribution in [3.05, 3.63) is 53.1 Å². The van der Waals surface area contributed by atoms with Crippen LogP contribution in [0.15, 0.2) is 36.4 Å². The van der Waals surface area contributed by atoms with Crippen molar-refractivity contribution in [1.29, 1.82) is 0 Å². The van der Waals surface area contributed by atoms with Crippen LogP contribution < -0.4 is 14.2 Å². The van der Waals surface area contributed by atoms with Crippen LogP contribution in [0, 0.1) is 0 Å². The smallest absolute Gasteiger partial charge is 0.171 e. The standard InChI is InChI=1S/C18H18O4/c1-20-12-9-15(21-2)17(16(10-12)22-3)14-8-11-6-4-5-7-13(11)18(14)19/h4-7,9-10,14H,8H2,1-3H3/t14-/m0/s1. The molecule has 1 aliphatic rings. The number of carbonyl (C=O) groups is 1. The topological polar surface area (TPSA) is 44.8 Å². The second kappa shape index (κ2) is 5.72. The lowest BCUT2D eigenvalue weighted by molar-refractivity contribution is 0.0970. The molecule has 0 aromatic heterocycles. The highest BCUT2D eigenvalue weighted by Crippen LogP contribution is 2.44. The molecule has 0 saturated heterocycles. The largest absolute Gasteiger partial charge is 0.496 e. The van der Waals surface area contributed by atoms with E-state index < -0.39 is 0 Å². The van der Waals surface area contributed by atoms with Gasteiger partial charge >= 0.3 is 0 Å². The van der Waals surface area contributed by atoms with E-state index in [9.17, 15) is 4.79 Å². The molecule has 0 unspecified atom stereocenters. The van der Waals surface area contributed by atoms with Gasteiger partial charge in [0.2, 0.25) is 0 Å². The number of Topliss-reactive ketones (excluding diaryl/α,β-unsaturated/α-hetero) is 1. The normalized spacial score (nSPS) is 16.3. The summed E-state index contributed by atoms with van der Waals surface area (Å²) >= 11 is 0. The van der Waals surface area contributed by atoms with Gasteiger partial charge in [-0.25, -0.2) is 0 Å². The molecular weight excluding hydrogens is 280 g/mol. The first kappa shape index (κ1) is 14.4. The number of benzene rings is 2. The molecule has 0 fully saturated rings. The minimum Gasteiger partial charge on any atom is -0.496 e. The number of fused-ring (bicyclic) bond motifs is 1. The minimum absolute atomic E-state index is 0.109. The molecule has 0 aliphatic heterocycles. The molecule has 3 rings (SSSR count). The molecule has 1 atom stereocenters. The molecule has 4 heteroatoms. The van der Waals surface area contributed by atoms with E-state index in [0.29, 0.717) is 23.7 Å². The molecule has 2 aromatic rings. The van der Waals surface area contributed by atoms with Crippen LogP contribution in [-0.2, 0) is 6.42 Å². The second-order valence-electron chi connectivity index (χ2n) is 5.22. The summed E-state index contributed by atoms with van der Waals surface area (Å²) in [5.41, 5.74) is 2.64. The fourth-order valence-electron chi connectivity index (χ4n) is 3.05. The van der Waals surface area contributed by atoms with Crippen molar-refractivity contribution in [1.82, 2.24) is 0 Å². The number of hydrogen-bond donors (Lipinski definition) is 0. The Morgan fingerprint density at radius 2 is 1.59 bits per heavy atom. The first-order valence-electron chi connectivity index (χ1n) is 7.11. The molecule has 0 radical (unpaired) electrons. The third kappa shape index (κ3) is 2.21. The van der Waals surface area contributed by atoms with Gasteiger partial charge in [-0.1, -0.05) is 24.3 Å². The predicted octanol–water partition coefficient (Wildman–Crippen LogP) is 3.24. The maximum Gasteiger partial charge on any atom is 0.171 e. The SMILES string of the molecule is COc1cc(OC)c([C@@H]2Cc3ccccc3C2=O)c(OC)c1. The highest BCUT2D eigenvalue weighted by atomic mass is 16.5. The lowest BCUT2D eigenvalue weighted by Gasteiger charge is -2.18. The zero-order valence-electron chi connectivity index (χ0n) is 12.9. The minimum atomic E-state index is -0.284. The summed E-state index contributed by atoms with van der Waals surface area (Å²) in [6.07, 6.45) is 0.661. The van der Waals surface area contributed by atoms with Crippen LogP contribution >= 0.6 is 0 Å². The van der Waals surface area contributed by atoms with Gasteiger partial charge < -0.3 is 14.2 Å². The first-order chi connectivity index (χ1) is 10.7. The Hall–Kier alpha value is -2.49. The van der Waals surface area contributed by atoms with Crippen LogP contribution in [-0.4, -0.2) is 27.1 Å². The Morgan fingerprint density at radius 3 is 2.14 bits per heavy atom. The van der Waals surface area contributed by atoms with Crippen molar-refractivity contribution in [2.45, 2.75) is 12.3 Å². The van der Waals surface area contributed by atoms with Gasteiger partial charge in [0, 0.05) is 23.3 Å². The molecule has 22 heavy (non-hydrogen) atoms. The summed E-state index contributed by atoms with van der Waals surface area (Å²) in [4.78, 5) is 12.7. The van der Waals surface area contributed by atoms with Crippen molar-refractivity contribution < 1.29 is 19.0 Å². The summed E-state index contributed by atoms with van der Waals surface area (Å²) in [5, 5.41) is 0. The van der Waals surface area contributed by atoms with Gasteiger partial charge in [-0.2, -0.15) is 0 Å². The van der Waals surface area contributed by atoms with Gasteiger partial charge in [0.15, 0.2) is 5.78 Å². The van der Waals surface area contributed by atoms with E-state index in [4.69, 9.17) is 14.2 Å². The predicted molar refractivity (Wildman–Crippen MR) is 83.3 cm³/mol. The van der Waals surface area contributed by atoms with Crippen molar-refractivity contribution in [3.63, 3.8) is 0 Å². The van der Waals surface area contributed by atoms with Gasteiger partial charge in [0.05, 0.1) is 27.2 Å².